The third-order valence-electron chi connectivity index (χ3n) is 4.57. The Bertz CT molecular complexity index is 1010. The van der Waals surface area contributed by atoms with Crippen LogP contribution in [0.25, 0.3) is 0 Å². The summed E-state index contributed by atoms with van der Waals surface area (Å²) in [5.74, 6) is -1.15. The Kier molecular flexibility index (Phi) is 7.59. The topological polar surface area (TPSA) is 87.7 Å². The van der Waals surface area contributed by atoms with Crippen LogP contribution in [0.4, 0.5) is 22.7 Å². The van der Waals surface area contributed by atoms with Gasteiger partial charge in [0.2, 0.25) is 5.91 Å². The highest BCUT2D eigenvalue weighted by Gasteiger charge is 2.21. The second-order valence-corrected chi connectivity index (χ2v) is 7.14. The molecule has 2 amide bonds. The largest absolute Gasteiger partial charge is 0.451 e. The standard InChI is InChI=1S/C25H25N3O4/c1-18(25(31)27-21-15-13-20(14-16-21)26-19(2)29)32-24(30)17-28(22-9-5-3-6-10-22)23-11-7-4-8-12-23/h3-16,18H,17H2,1-2H3,(H,26,29)(H,27,31). The van der Waals surface area contributed by atoms with E-state index < -0.39 is 18.0 Å². The number of carbonyl (C=O) groups excluding carboxylic acids is 3. The fraction of sp³-hybridized carbons (Fsp3) is 0.160. The van der Waals surface area contributed by atoms with Gasteiger partial charge in [0, 0.05) is 29.7 Å². The normalized spacial score (nSPS) is 11.2. The summed E-state index contributed by atoms with van der Waals surface area (Å²) in [6.45, 7) is 2.90. The summed E-state index contributed by atoms with van der Waals surface area (Å²) in [7, 11) is 0. The predicted octanol–water partition coefficient (Wildman–Crippen LogP) is 4.35. The summed E-state index contributed by atoms with van der Waals surface area (Å²) >= 11 is 0. The predicted molar refractivity (Wildman–Crippen MR) is 125 cm³/mol. The summed E-state index contributed by atoms with van der Waals surface area (Å²) < 4.78 is 5.38. The lowest BCUT2D eigenvalue weighted by atomic mass is 10.2. The van der Waals surface area contributed by atoms with Gasteiger partial charge < -0.3 is 20.3 Å². The first-order chi connectivity index (χ1) is 15.4. The molecule has 7 nitrogen and oxygen atoms in total. The number of esters is 1. The number of anilines is 4. The molecule has 0 bridgehead atoms. The second kappa shape index (κ2) is 10.8. The molecule has 0 saturated carbocycles. The maximum atomic E-state index is 12.6. The summed E-state index contributed by atoms with van der Waals surface area (Å²) in [5, 5.41) is 5.36. The molecular weight excluding hydrogens is 406 g/mol. The number of ether oxygens (including phenoxy) is 1. The second-order valence-electron chi connectivity index (χ2n) is 7.14. The van der Waals surface area contributed by atoms with Gasteiger partial charge in [-0.3, -0.25) is 14.4 Å². The lowest BCUT2D eigenvalue weighted by Crippen LogP contribution is -2.34. The first kappa shape index (κ1) is 22.6. The van der Waals surface area contributed by atoms with E-state index in [4.69, 9.17) is 4.74 Å². The highest BCUT2D eigenvalue weighted by molar-refractivity contribution is 5.96. The van der Waals surface area contributed by atoms with Crippen molar-refractivity contribution in [2.45, 2.75) is 20.0 Å². The molecule has 0 saturated heterocycles. The van der Waals surface area contributed by atoms with E-state index in [-0.39, 0.29) is 12.5 Å². The van der Waals surface area contributed by atoms with Crippen LogP contribution in [0, 0.1) is 0 Å². The van der Waals surface area contributed by atoms with Gasteiger partial charge in [-0.25, -0.2) is 0 Å². The maximum Gasteiger partial charge on any atom is 0.326 e. The zero-order chi connectivity index (χ0) is 22.9. The Morgan fingerprint density at radius 3 is 1.72 bits per heavy atom. The van der Waals surface area contributed by atoms with Crippen LogP contribution >= 0.6 is 0 Å². The molecule has 7 heteroatoms. The monoisotopic (exact) mass is 431 g/mol. The summed E-state index contributed by atoms with van der Waals surface area (Å²) in [5.41, 5.74) is 2.83. The van der Waals surface area contributed by atoms with Crippen LogP contribution in [-0.4, -0.2) is 30.4 Å². The van der Waals surface area contributed by atoms with E-state index in [1.165, 1.54) is 13.8 Å². The van der Waals surface area contributed by atoms with Gasteiger partial charge in [0.1, 0.15) is 6.54 Å². The molecule has 164 valence electrons. The first-order valence-corrected chi connectivity index (χ1v) is 10.2. The third-order valence-corrected chi connectivity index (χ3v) is 4.57. The van der Waals surface area contributed by atoms with E-state index >= 15 is 0 Å². The van der Waals surface area contributed by atoms with E-state index in [1.807, 2.05) is 65.6 Å². The summed E-state index contributed by atoms with van der Waals surface area (Å²) in [4.78, 5) is 38.0. The van der Waals surface area contributed by atoms with Gasteiger partial charge in [-0.15, -0.1) is 0 Å². The van der Waals surface area contributed by atoms with Gasteiger partial charge in [-0.1, -0.05) is 36.4 Å². The van der Waals surface area contributed by atoms with Crippen LogP contribution in [0.15, 0.2) is 84.9 Å². The lowest BCUT2D eigenvalue weighted by molar-refractivity contribution is -0.151. The molecule has 0 aliphatic heterocycles. The fourth-order valence-corrected chi connectivity index (χ4v) is 3.05. The van der Waals surface area contributed by atoms with Crippen LogP contribution in [0.3, 0.4) is 0 Å². The van der Waals surface area contributed by atoms with Gasteiger partial charge in [-0.2, -0.15) is 0 Å². The minimum absolute atomic E-state index is 0.0446. The Hall–Kier alpha value is -4.13. The third kappa shape index (κ3) is 6.43. The van der Waals surface area contributed by atoms with Crippen molar-refractivity contribution in [3.63, 3.8) is 0 Å². The van der Waals surface area contributed by atoms with Crippen LogP contribution in [-0.2, 0) is 19.1 Å². The van der Waals surface area contributed by atoms with Gasteiger partial charge >= 0.3 is 5.97 Å². The number of nitrogens with zero attached hydrogens (tertiary/aromatic N) is 1. The number of amides is 2. The van der Waals surface area contributed by atoms with Gasteiger partial charge in [0.05, 0.1) is 0 Å². The van der Waals surface area contributed by atoms with Crippen LogP contribution in [0.2, 0.25) is 0 Å². The molecule has 0 spiro atoms. The minimum atomic E-state index is -0.981. The van der Waals surface area contributed by atoms with Crippen LogP contribution in [0.5, 0.6) is 0 Å². The molecule has 1 unspecified atom stereocenters. The molecule has 0 fully saturated rings. The molecule has 0 heterocycles. The number of nitrogens with one attached hydrogen (secondary N) is 2. The molecule has 0 radical (unpaired) electrons. The van der Waals surface area contributed by atoms with Crippen LogP contribution in [0.1, 0.15) is 13.8 Å². The molecule has 3 aromatic rings. The molecule has 3 rings (SSSR count). The van der Waals surface area contributed by atoms with E-state index in [2.05, 4.69) is 10.6 Å². The molecule has 1 atom stereocenters. The quantitative estimate of drug-likeness (QED) is 0.518. The molecule has 3 aromatic carbocycles. The zero-order valence-electron chi connectivity index (χ0n) is 17.9. The number of benzene rings is 3. The van der Waals surface area contributed by atoms with Gasteiger partial charge in [0.25, 0.3) is 5.91 Å². The molecular formula is C25H25N3O4. The molecule has 2 N–H and O–H groups in total. The van der Waals surface area contributed by atoms with E-state index in [0.717, 1.165) is 11.4 Å². The van der Waals surface area contributed by atoms with E-state index in [9.17, 15) is 14.4 Å². The van der Waals surface area contributed by atoms with Crippen molar-refractivity contribution < 1.29 is 19.1 Å². The fourth-order valence-electron chi connectivity index (χ4n) is 3.05. The van der Waals surface area contributed by atoms with E-state index in [0.29, 0.717) is 11.4 Å². The minimum Gasteiger partial charge on any atom is -0.451 e. The number of rotatable bonds is 8. The maximum absolute atomic E-state index is 12.6. The molecule has 0 aromatic heterocycles. The molecule has 0 aliphatic rings. The SMILES string of the molecule is CC(=O)Nc1ccc(NC(=O)C(C)OC(=O)CN(c2ccccc2)c2ccccc2)cc1. The summed E-state index contributed by atoms with van der Waals surface area (Å²) in [6.07, 6.45) is -0.981. The van der Waals surface area contributed by atoms with Crippen molar-refractivity contribution >= 4 is 40.5 Å². The Labute approximate surface area is 187 Å². The van der Waals surface area contributed by atoms with Crippen molar-refractivity contribution in [2.75, 3.05) is 22.1 Å². The van der Waals surface area contributed by atoms with Crippen molar-refractivity contribution in [3.05, 3.63) is 84.9 Å². The van der Waals surface area contributed by atoms with Gasteiger partial charge in [0.15, 0.2) is 6.10 Å². The van der Waals surface area contributed by atoms with E-state index in [1.54, 1.807) is 24.3 Å². The van der Waals surface area contributed by atoms with Crippen molar-refractivity contribution in [2.24, 2.45) is 0 Å². The van der Waals surface area contributed by atoms with Gasteiger partial charge in [-0.05, 0) is 55.5 Å². The summed E-state index contributed by atoms with van der Waals surface area (Å²) in [6, 6.07) is 25.6. The smallest absolute Gasteiger partial charge is 0.326 e. The Balaban J connectivity index is 1.61. The van der Waals surface area contributed by atoms with Crippen molar-refractivity contribution in [3.8, 4) is 0 Å². The molecule has 0 aliphatic carbocycles. The van der Waals surface area contributed by atoms with Crippen molar-refractivity contribution in [1.29, 1.82) is 0 Å². The Morgan fingerprint density at radius 1 is 0.781 bits per heavy atom. The number of hydrogen-bond acceptors (Lipinski definition) is 5. The Morgan fingerprint density at radius 2 is 1.25 bits per heavy atom. The highest BCUT2D eigenvalue weighted by Crippen LogP contribution is 2.24. The average molecular weight is 431 g/mol. The van der Waals surface area contributed by atoms with Crippen molar-refractivity contribution in [1.82, 2.24) is 0 Å². The average Bonchev–Trinajstić information content (AvgIpc) is 2.79. The number of para-hydroxylation sites is 2. The number of carbonyl (C=O) groups is 3. The first-order valence-electron chi connectivity index (χ1n) is 10.2. The highest BCUT2D eigenvalue weighted by atomic mass is 16.5. The van der Waals surface area contributed by atoms with Crippen LogP contribution < -0.4 is 15.5 Å². The lowest BCUT2D eigenvalue weighted by Gasteiger charge is -2.24. The number of hydrogen-bond donors (Lipinski definition) is 2. The zero-order valence-corrected chi connectivity index (χ0v) is 17.9. The molecule has 32 heavy (non-hydrogen) atoms.